The number of benzene rings is 1. The predicted octanol–water partition coefficient (Wildman–Crippen LogP) is 2.69. The standard InChI is InChI=1S/C15H26N2O/c1-5-16-14(12-17(6-2)7-3)13-10-8-9-11-15(13)18-4/h8-11,14,16H,5-7,12H2,1-4H3. The molecule has 1 unspecified atom stereocenters. The minimum absolute atomic E-state index is 0.325. The van der Waals surface area contributed by atoms with E-state index in [4.69, 9.17) is 4.74 Å². The summed E-state index contributed by atoms with van der Waals surface area (Å²) < 4.78 is 5.46. The molecule has 1 aromatic rings. The zero-order valence-electron chi connectivity index (χ0n) is 12.1. The molecule has 3 nitrogen and oxygen atoms in total. The van der Waals surface area contributed by atoms with Gasteiger partial charge in [-0.25, -0.2) is 0 Å². The van der Waals surface area contributed by atoms with Crippen LogP contribution >= 0.6 is 0 Å². The largest absolute Gasteiger partial charge is 0.496 e. The van der Waals surface area contributed by atoms with E-state index in [1.54, 1.807) is 7.11 Å². The van der Waals surface area contributed by atoms with Gasteiger partial charge >= 0.3 is 0 Å². The molecule has 3 heteroatoms. The Kier molecular flexibility index (Phi) is 6.76. The summed E-state index contributed by atoms with van der Waals surface area (Å²) in [4.78, 5) is 2.43. The van der Waals surface area contributed by atoms with Crippen LogP contribution in [0.2, 0.25) is 0 Å². The number of hydrogen-bond donors (Lipinski definition) is 1. The topological polar surface area (TPSA) is 24.5 Å². The summed E-state index contributed by atoms with van der Waals surface area (Å²) >= 11 is 0. The van der Waals surface area contributed by atoms with E-state index in [0.29, 0.717) is 6.04 Å². The quantitative estimate of drug-likeness (QED) is 0.767. The first kappa shape index (κ1) is 15.0. The minimum atomic E-state index is 0.325. The lowest BCUT2D eigenvalue weighted by atomic mass is 10.0. The van der Waals surface area contributed by atoms with Crippen molar-refractivity contribution in [3.05, 3.63) is 29.8 Å². The van der Waals surface area contributed by atoms with Gasteiger partial charge in [-0.1, -0.05) is 39.0 Å². The van der Waals surface area contributed by atoms with E-state index in [9.17, 15) is 0 Å². The molecule has 0 aliphatic carbocycles. The van der Waals surface area contributed by atoms with Gasteiger partial charge in [-0.15, -0.1) is 0 Å². The van der Waals surface area contributed by atoms with Crippen LogP contribution in [0.5, 0.6) is 5.75 Å². The van der Waals surface area contributed by atoms with E-state index in [2.05, 4.69) is 43.1 Å². The first-order chi connectivity index (χ1) is 8.76. The van der Waals surface area contributed by atoms with Gasteiger partial charge in [-0.2, -0.15) is 0 Å². The van der Waals surface area contributed by atoms with Crippen LogP contribution in [0.25, 0.3) is 0 Å². The lowest BCUT2D eigenvalue weighted by molar-refractivity contribution is 0.264. The lowest BCUT2D eigenvalue weighted by Gasteiger charge is -2.27. The molecule has 0 amide bonds. The molecule has 0 aliphatic heterocycles. The molecular weight excluding hydrogens is 224 g/mol. The van der Waals surface area contributed by atoms with Gasteiger partial charge in [0.05, 0.1) is 7.11 Å². The highest BCUT2D eigenvalue weighted by Crippen LogP contribution is 2.25. The van der Waals surface area contributed by atoms with Gasteiger partial charge in [-0.3, -0.25) is 0 Å². The fraction of sp³-hybridized carbons (Fsp3) is 0.600. The second-order valence-electron chi connectivity index (χ2n) is 4.34. The zero-order valence-corrected chi connectivity index (χ0v) is 12.1. The van der Waals surface area contributed by atoms with Crippen LogP contribution in [0.15, 0.2) is 24.3 Å². The molecule has 1 atom stereocenters. The van der Waals surface area contributed by atoms with Crippen LogP contribution in [-0.2, 0) is 0 Å². The molecule has 18 heavy (non-hydrogen) atoms. The Morgan fingerprint density at radius 2 is 1.83 bits per heavy atom. The molecule has 1 aromatic carbocycles. The summed E-state index contributed by atoms with van der Waals surface area (Å²) in [5, 5.41) is 3.55. The minimum Gasteiger partial charge on any atom is -0.496 e. The lowest BCUT2D eigenvalue weighted by Crippen LogP contribution is -2.35. The summed E-state index contributed by atoms with van der Waals surface area (Å²) in [6.45, 7) is 10.7. The number of rotatable bonds is 8. The van der Waals surface area contributed by atoms with Gasteiger partial charge in [-0.05, 0) is 25.7 Å². The van der Waals surface area contributed by atoms with Crippen LogP contribution < -0.4 is 10.1 Å². The number of likely N-dealkylation sites (N-methyl/N-ethyl adjacent to an activating group) is 2. The molecule has 0 aromatic heterocycles. The van der Waals surface area contributed by atoms with Crippen molar-refractivity contribution in [3.63, 3.8) is 0 Å². The summed E-state index contributed by atoms with van der Waals surface area (Å²) in [5.41, 5.74) is 1.24. The van der Waals surface area contributed by atoms with Gasteiger partial charge in [0.1, 0.15) is 5.75 Å². The average molecular weight is 250 g/mol. The van der Waals surface area contributed by atoms with Crippen molar-refractivity contribution in [2.45, 2.75) is 26.8 Å². The zero-order chi connectivity index (χ0) is 13.4. The molecule has 0 bridgehead atoms. The third-order valence-corrected chi connectivity index (χ3v) is 3.30. The van der Waals surface area contributed by atoms with Crippen molar-refractivity contribution >= 4 is 0 Å². The normalized spacial score (nSPS) is 12.7. The van der Waals surface area contributed by atoms with Crippen LogP contribution in [0.1, 0.15) is 32.4 Å². The van der Waals surface area contributed by atoms with E-state index in [-0.39, 0.29) is 0 Å². The van der Waals surface area contributed by atoms with Gasteiger partial charge in [0, 0.05) is 18.2 Å². The number of nitrogens with zero attached hydrogens (tertiary/aromatic N) is 1. The second-order valence-corrected chi connectivity index (χ2v) is 4.34. The van der Waals surface area contributed by atoms with Crippen molar-refractivity contribution in [2.24, 2.45) is 0 Å². The predicted molar refractivity (Wildman–Crippen MR) is 77.2 cm³/mol. The van der Waals surface area contributed by atoms with Crippen molar-refractivity contribution < 1.29 is 4.74 Å². The molecule has 0 saturated heterocycles. The van der Waals surface area contributed by atoms with E-state index >= 15 is 0 Å². The van der Waals surface area contributed by atoms with Gasteiger partial charge in [0.2, 0.25) is 0 Å². The Balaban J connectivity index is 2.89. The van der Waals surface area contributed by atoms with E-state index in [1.165, 1.54) is 5.56 Å². The van der Waals surface area contributed by atoms with Crippen molar-refractivity contribution in [1.82, 2.24) is 10.2 Å². The fourth-order valence-corrected chi connectivity index (χ4v) is 2.21. The highest BCUT2D eigenvalue weighted by molar-refractivity contribution is 5.36. The molecule has 1 N–H and O–H groups in total. The van der Waals surface area contributed by atoms with Crippen LogP contribution in [-0.4, -0.2) is 38.2 Å². The maximum atomic E-state index is 5.46. The molecule has 0 heterocycles. The second kappa shape index (κ2) is 8.11. The molecule has 0 saturated carbocycles. The summed E-state index contributed by atoms with van der Waals surface area (Å²) in [5.74, 6) is 0.968. The molecule has 102 valence electrons. The number of methoxy groups -OCH3 is 1. The van der Waals surface area contributed by atoms with Gasteiger partial charge in [0.25, 0.3) is 0 Å². The summed E-state index contributed by atoms with van der Waals surface area (Å²) in [6.07, 6.45) is 0. The maximum absolute atomic E-state index is 5.46. The van der Waals surface area contributed by atoms with Gasteiger partial charge in [0.15, 0.2) is 0 Å². The fourth-order valence-electron chi connectivity index (χ4n) is 2.21. The monoisotopic (exact) mass is 250 g/mol. The smallest absolute Gasteiger partial charge is 0.123 e. The Bertz CT molecular complexity index is 337. The molecule has 0 aliphatic rings. The third kappa shape index (κ3) is 4.00. The SMILES string of the molecule is CCNC(CN(CC)CC)c1ccccc1OC. The first-order valence-corrected chi connectivity index (χ1v) is 6.85. The van der Waals surface area contributed by atoms with E-state index in [1.807, 2.05) is 12.1 Å². The number of para-hydroxylation sites is 1. The summed E-state index contributed by atoms with van der Waals surface area (Å²) in [6, 6.07) is 8.59. The molecule has 0 spiro atoms. The highest BCUT2D eigenvalue weighted by atomic mass is 16.5. The Morgan fingerprint density at radius 3 is 2.39 bits per heavy atom. The number of ether oxygens (including phenoxy) is 1. The van der Waals surface area contributed by atoms with Crippen molar-refractivity contribution in [1.29, 1.82) is 0 Å². The summed E-state index contributed by atoms with van der Waals surface area (Å²) in [7, 11) is 1.74. The highest BCUT2D eigenvalue weighted by Gasteiger charge is 2.16. The van der Waals surface area contributed by atoms with Gasteiger partial charge < -0.3 is 15.0 Å². The molecular formula is C15H26N2O. The molecule has 0 radical (unpaired) electrons. The van der Waals surface area contributed by atoms with Crippen molar-refractivity contribution in [3.8, 4) is 5.75 Å². The third-order valence-electron chi connectivity index (χ3n) is 3.30. The van der Waals surface area contributed by atoms with E-state index < -0.39 is 0 Å². The molecule has 0 fully saturated rings. The maximum Gasteiger partial charge on any atom is 0.123 e. The molecule has 1 rings (SSSR count). The Labute approximate surface area is 111 Å². The number of hydrogen-bond acceptors (Lipinski definition) is 3. The first-order valence-electron chi connectivity index (χ1n) is 6.85. The Morgan fingerprint density at radius 1 is 1.17 bits per heavy atom. The van der Waals surface area contributed by atoms with Crippen LogP contribution in [0.4, 0.5) is 0 Å². The van der Waals surface area contributed by atoms with Crippen LogP contribution in [0.3, 0.4) is 0 Å². The average Bonchev–Trinajstić information content (AvgIpc) is 2.43. The van der Waals surface area contributed by atoms with E-state index in [0.717, 1.165) is 31.9 Å². The van der Waals surface area contributed by atoms with Crippen molar-refractivity contribution in [2.75, 3.05) is 33.3 Å². The Hall–Kier alpha value is -1.06. The number of nitrogens with one attached hydrogen (secondary N) is 1. The van der Waals surface area contributed by atoms with Crippen LogP contribution in [0, 0.1) is 0 Å².